The fourth-order valence-corrected chi connectivity index (χ4v) is 2.17. The molecule has 0 N–H and O–H groups in total. The first-order valence-electron chi connectivity index (χ1n) is 7.81. The van der Waals surface area contributed by atoms with Crippen LogP contribution in [0.4, 0.5) is 4.79 Å². The zero-order valence-electron chi connectivity index (χ0n) is 14.6. The second kappa shape index (κ2) is 6.90. The van der Waals surface area contributed by atoms with Crippen LogP contribution in [0.1, 0.15) is 45.1 Å². The lowest BCUT2D eigenvalue weighted by atomic mass is 10.2. The van der Waals surface area contributed by atoms with Gasteiger partial charge < -0.3 is 14.2 Å². The Kier molecular flexibility index (Phi) is 5.11. The molecule has 0 radical (unpaired) electrons. The largest absolute Gasteiger partial charge is 0.492 e. The monoisotopic (exact) mass is 334 g/mol. The summed E-state index contributed by atoms with van der Waals surface area (Å²) in [7, 11) is 0. The summed E-state index contributed by atoms with van der Waals surface area (Å²) in [6, 6.07) is 3.27. The third kappa shape index (κ3) is 3.84. The third-order valence-electron chi connectivity index (χ3n) is 2.99. The highest BCUT2D eigenvalue weighted by Gasteiger charge is 2.26. The summed E-state index contributed by atoms with van der Waals surface area (Å²) >= 11 is 0. The maximum atomic E-state index is 12.5. The zero-order chi connectivity index (χ0) is 17.9. The first-order chi connectivity index (χ1) is 11.3. The van der Waals surface area contributed by atoms with E-state index in [1.807, 2.05) is 6.92 Å². The predicted molar refractivity (Wildman–Crippen MR) is 88.5 cm³/mol. The first-order valence-corrected chi connectivity index (χ1v) is 7.81. The Bertz CT molecular complexity index is 758. The molecule has 2 aromatic rings. The summed E-state index contributed by atoms with van der Waals surface area (Å²) in [6.45, 7) is 9.50. The summed E-state index contributed by atoms with van der Waals surface area (Å²) in [6.07, 6.45) is 0.818. The normalized spacial score (nSPS) is 11.4. The molecule has 130 valence electrons. The predicted octanol–water partition coefficient (Wildman–Crippen LogP) is 3.39. The Morgan fingerprint density at radius 1 is 1.17 bits per heavy atom. The quantitative estimate of drug-likeness (QED) is 0.797. The van der Waals surface area contributed by atoms with Gasteiger partial charge in [0.05, 0.1) is 19.4 Å². The highest BCUT2D eigenvalue weighted by atomic mass is 16.6. The summed E-state index contributed by atoms with van der Waals surface area (Å²) in [5.74, 6) is -0.0546. The fourth-order valence-electron chi connectivity index (χ4n) is 2.17. The molecule has 2 rings (SSSR count). The van der Waals surface area contributed by atoms with Gasteiger partial charge in [-0.05, 0) is 46.8 Å². The van der Waals surface area contributed by atoms with Crippen LogP contribution >= 0.6 is 0 Å². The van der Waals surface area contributed by atoms with Crippen molar-refractivity contribution in [2.45, 2.75) is 40.2 Å². The second-order valence-electron chi connectivity index (χ2n) is 6.08. The molecule has 7 nitrogen and oxygen atoms in total. The van der Waals surface area contributed by atoms with Crippen molar-refractivity contribution < 1.29 is 23.8 Å². The number of esters is 1. The van der Waals surface area contributed by atoms with Gasteiger partial charge in [0, 0.05) is 5.39 Å². The molecular weight excluding hydrogens is 312 g/mol. The Hall–Kier alpha value is -2.57. The lowest BCUT2D eigenvalue weighted by molar-refractivity contribution is 0.0453. The van der Waals surface area contributed by atoms with Crippen LogP contribution in [-0.2, 0) is 9.47 Å². The summed E-state index contributed by atoms with van der Waals surface area (Å²) in [5, 5.41) is 0.592. The number of carbonyl (C=O) groups is 2. The van der Waals surface area contributed by atoms with Gasteiger partial charge in [-0.3, -0.25) is 0 Å². The number of pyridine rings is 1. The number of fused-ring (bicyclic) bond motifs is 1. The lowest BCUT2D eigenvalue weighted by Gasteiger charge is -2.20. The fraction of sp³-hybridized carbons (Fsp3) is 0.471. The molecule has 0 atom stereocenters. The van der Waals surface area contributed by atoms with Gasteiger partial charge in [-0.25, -0.2) is 19.1 Å². The van der Waals surface area contributed by atoms with Crippen LogP contribution in [0.15, 0.2) is 18.3 Å². The lowest BCUT2D eigenvalue weighted by Crippen LogP contribution is -2.29. The molecule has 0 bridgehead atoms. The smallest absolute Gasteiger partial charge is 0.420 e. The van der Waals surface area contributed by atoms with Crippen molar-refractivity contribution in [2.75, 3.05) is 13.2 Å². The van der Waals surface area contributed by atoms with Gasteiger partial charge in [0.15, 0.2) is 5.65 Å². The third-order valence-corrected chi connectivity index (χ3v) is 2.99. The summed E-state index contributed by atoms with van der Waals surface area (Å²) in [4.78, 5) is 29.0. The average molecular weight is 334 g/mol. The minimum absolute atomic E-state index is 0.0715. The molecule has 0 aliphatic carbocycles. The van der Waals surface area contributed by atoms with Crippen molar-refractivity contribution in [1.82, 2.24) is 9.55 Å². The second-order valence-corrected chi connectivity index (χ2v) is 6.08. The number of rotatable bonds is 4. The van der Waals surface area contributed by atoms with Crippen molar-refractivity contribution in [1.29, 1.82) is 0 Å². The Balaban J connectivity index is 2.57. The minimum atomic E-state index is -0.704. The molecule has 0 aliphatic heterocycles. The van der Waals surface area contributed by atoms with Crippen molar-refractivity contribution >= 4 is 23.1 Å². The minimum Gasteiger partial charge on any atom is -0.492 e. The molecule has 0 fully saturated rings. The molecule has 0 aromatic carbocycles. The summed E-state index contributed by atoms with van der Waals surface area (Å²) in [5.41, 5.74) is -0.316. The molecule has 0 saturated carbocycles. The molecule has 2 aromatic heterocycles. The van der Waals surface area contributed by atoms with Crippen molar-refractivity contribution in [3.8, 4) is 5.75 Å². The molecule has 0 aliphatic rings. The van der Waals surface area contributed by atoms with Crippen LogP contribution in [-0.4, -0.2) is 40.4 Å². The van der Waals surface area contributed by atoms with E-state index in [4.69, 9.17) is 14.2 Å². The first kappa shape index (κ1) is 17.8. The van der Waals surface area contributed by atoms with E-state index in [2.05, 4.69) is 4.98 Å². The van der Waals surface area contributed by atoms with Crippen molar-refractivity contribution in [2.24, 2.45) is 0 Å². The standard InChI is InChI=1S/C17H22N2O5/c1-6-22-12-8-11-9-13(15(20)23-7-2)19(14(11)18-10-12)16(21)24-17(3,4)5/h8-10H,6-7H2,1-5H3. The average Bonchev–Trinajstić information content (AvgIpc) is 2.85. The molecule has 2 heterocycles. The Morgan fingerprint density at radius 2 is 1.88 bits per heavy atom. The van der Waals surface area contributed by atoms with Gasteiger partial charge in [0.1, 0.15) is 17.0 Å². The number of aromatic nitrogens is 2. The highest BCUT2D eigenvalue weighted by Crippen LogP contribution is 2.24. The van der Waals surface area contributed by atoms with E-state index in [0.717, 1.165) is 4.57 Å². The molecule has 7 heteroatoms. The van der Waals surface area contributed by atoms with E-state index in [1.54, 1.807) is 39.8 Å². The van der Waals surface area contributed by atoms with Crippen LogP contribution in [0.2, 0.25) is 0 Å². The Morgan fingerprint density at radius 3 is 2.46 bits per heavy atom. The van der Waals surface area contributed by atoms with Gasteiger partial charge >= 0.3 is 12.1 Å². The number of nitrogens with zero attached hydrogens (tertiary/aromatic N) is 2. The SMILES string of the molecule is CCOC(=O)c1cc2cc(OCC)cnc2n1C(=O)OC(C)(C)C. The molecular formula is C17H22N2O5. The van der Waals surface area contributed by atoms with E-state index in [1.165, 1.54) is 6.20 Å². The van der Waals surface area contributed by atoms with Gasteiger partial charge in [0.2, 0.25) is 0 Å². The van der Waals surface area contributed by atoms with Crippen LogP contribution < -0.4 is 4.74 Å². The van der Waals surface area contributed by atoms with E-state index < -0.39 is 17.7 Å². The van der Waals surface area contributed by atoms with Gasteiger partial charge in [0.25, 0.3) is 0 Å². The molecule has 0 saturated heterocycles. The molecule has 24 heavy (non-hydrogen) atoms. The topological polar surface area (TPSA) is 79.7 Å². The van der Waals surface area contributed by atoms with E-state index in [-0.39, 0.29) is 12.3 Å². The number of ether oxygens (including phenoxy) is 3. The number of hydrogen-bond donors (Lipinski definition) is 0. The van der Waals surface area contributed by atoms with Crippen LogP contribution in [0.25, 0.3) is 11.0 Å². The van der Waals surface area contributed by atoms with Crippen molar-refractivity contribution in [3.05, 3.63) is 24.0 Å². The summed E-state index contributed by atoms with van der Waals surface area (Å²) < 4.78 is 17.0. The number of carbonyl (C=O) groups excluding carboxylic acids is 2. The van der Waals surface area contributed by atoms with E-state index >= 15 is 0 Å². The zero-order valence-corrected chi connectivity index (χ0v) is 14.6. The van der Waals surface area contributed by atoms with Crippen molar-refractivity contribution in [3.63, 3.8) is 0 Å². The van der Waals surface area contributed by atoms with Gasteiger partial charge in [-0.1, -0.05) is 0 Å². The van der Waals surface area contributed by atoms with E-state index in [0.29, 0.717) is 23.4 Å². The van der Waals surface area contributed by atoms with Gasteiger partial charge in [-0.15, -0.1) is 0 Å². The van der Waals surface area contributed by atoms with Gasteiger partial charge in [-0.2, -0.15) is 0 Å². The van der Waals surface area contributed by atoms with E-state index in [9.17, 15) is 9.59 Å². The Labute approximate surface area is 140 Å². The molecule has 0 amide bonds. The highest BCUT2D eigenvalue weighted by molar-refractivity contribution is 6.00. The maximum absolute atomic E-state index is 12.5. The van der Waals surface area contributed by atoms with Crippen LogP contribution in [0.5, 0.6) is 5.75 Å². The van der Waals surface area contributed by atoms with Crippen LogP contribution in [0.3, 0.4) is 0 Å². The molecule has 0 unspecified atom stereocenters. The molecule has 0 spiro atoms. The van der Waals surface area contributed by atoms with Crippen LogP contribution in [0, 0.1) is 0 Å². The number of hydrogen-bond acceptors (Lipinski definition) is 6. The maximum Gasteiger partial charge on any atom is 0.420 e.